The molecule has 3 N–H and O–H groups in total. The zero-order chi connectivity index (χ0) is 13.2. The van der Waals surface area contributed by atoms with Crippen LogP contribution in [-0.2, 0) is 19.1 Å². The van der Waals surface area contributed by atoms with Gasteiger partial charge >= 0.3 is 5.97 Å². The molecule has 0 aromatic carbocycles. The number of nitrogens with one attached hydrogen (secondary N) is 1. The number of hydrogen-bond acceptors (Lipinski definition) is 6. The van der Waals surface area contributed by atoms with Gasteiger partial charge in [-0.2, -0.15) is 0 Å². The van der Waals surface area contributed by atoms with Crippen LogP contribution in [0.4, 0.5) is 0 Å². The Hall–Kier alpha value is -1.18. The lowest BCUT2D eigenvalue weighted by Gasteiger charge is -2.41. The Balaban J connectivity index is 2.86. The highest BCUT2D eigenvalue weighted by atomic mass is 16.7. The fraction of sp³-hybridized carbons (Fsp3) is 0.800. The highest BCUT2D eigenvalue weighted by Gasteiger charge is 2.45. The Kier molecular flexibility index (Phi) is 4.44. The van der Waals surface area contributed by atoms with Crippen LogP contribution in [0.25, 0.3) is 0 Å². The minimum atomic E-state index is -1.38. The molecular formula is C10H17NO6. The predicted molar refractivity (Wildman–Crippen MR) is 55.7 cm³/mol. The highest BCUT2D eigenvalue weighted by Crippen LogP contribution is 2.22. The van der Waals surface area contributed by atoms with E-state index in [9.17, 15) is 19.8 Å². The van der Waals surface area contributed by atoms with Crippen LogP contribution in [0.3, 0.4) is 0 Å². The number of ether oxygens (including phenoxy) is 2. The maximum Gasteiger partial charge on any atom is 0.303 e. The van der Waals surface area contributed by atoms with E-state index in [4.69, 9.17) is 9.47 Å². The van der Waals surface area contributed by atoms with Crippen molar-refractivity contribution >= 4 is 11.9 Å². The van der Waals surface area contributed by atoms with Gasteiger partial charge < -0.3 is 25.0 Å². The van der Waals surface area contributed by atoms with Crippen molar-refractivity contribution in [3.8, 4) is 0 Å². The minimum absolute atomic E-state index is 0.396. The Bertz CT molecular complexity index is 307. The molecular weight excluding hydrogens is 230 g/mol. The number of hydrogen-bond donors (Lipinski definition) is 3. The van der Waals surface area contributed by atoms with Crippen LogP contribution in [0, 0.1) is 0 Å². The normalized spacial score (nSPS) is 37.4. The molecule has 17 heavy (non-hydrogen) atoms. The average Bonchev–Trinajstić information content (AvgIpc) is 2.19. The first kappa shape index (κ1) is 13.9. The monoisotopic (exact) mass is 247 g/mol. The number of rotatable bonds is 2. The largest absolute Gasteiger partial charge is 0.455 e. The summed E-state index contributed by atoms with van der Waals surface area (Å²) in [4.78, 5) is 21.9. The van der Waals surface area contributed by atoms with Crippen molar-refractivity contribution in [2.45, 2.75) is 51.4 Å². The molecule has 1 fully saturated rings. The van der Waals surface area contributed by atoms with Gasteiger partial charge in [0.25, 0.3) is 0 Å². The van der Waals surface area contributed by atoms with Crippen LogP contribution in [0.2, 0.25) is 0 Å². The standard InChI is InChI=1S/C10H17NO6/c1-4-8(14)7(11-5(2)12)9(10(15)16-4)17-6(3)13/h4,7-10,14-15H,1-3H3,(H,11,12)/t4-,7+,8+,9-,10-/m1/s1. The molecule has 0 unspecified atom stereocenters. The molecule has 1 aliphatic rings. The summed E-state index contributed by atoms with van der Waals surface area (Å²) >= 11 is 0. The first-order valence-electron chi connectivity index (χ1n) is 5.29. The van der Waals surface area contributed by atoms with Crippen molar-refractivity contribution in [3.63, 3.8) is 0 Å². The molecule has 0 saturated carbocycles. The van der Waals surface area contributed by atoms with Gasteiger partial charge in [-0.15, -0.1) is 0 Å². The molecule has 0 spiro atoms. The van der Waals surface area contributed by atoms with Gasteiger partial charge in [-0.1, -0.05) is 0 Å². The molecule has 1 heterocycles. The fourth-order valence-corrected chi connectivity index (χ4v) is 1.77. The first-order valence-corrected chi connectivity index (χ1v) is 5.29. The highest BCUT2D eigenvalue weighted by molar-refractivity contribution is 5.73. The van der Waals surface area contributed by atoms with Gasteiger partial charge in [0, 0.05) is 13.8 Å². The second-order valence-electron chi connectivity index (χ2n) is 4.02. The van der Waals surface area contributed by atoms with E-state index in [1.807, 2.05) is 0 Å². The zero-order valence-corrected chi connectivity index (χ0v) is 9.91. The lowest BCUT2D eigenvalue weighted by atomic mass is 9.96. The molecule has 7 nitrogen and oxygen atoms in total. The number of carbonyl (C=O) groups excluding carboxylic acids is 2. The molecule has 1 saturated heterocycles. The van der Waals surface area contributed by atoms with Crippen molar-refractivity contribution in [2.75, 3.05) is 0 Å². The summed E-state index contributed by atoms with van der Waals surface area (Å²) in [5, 5.41) is 21.9. The van der Waals surface area contributed by atoms with Crippen LogP contribution in [0.1, 0.15) is 20.8 Å². The smallest absolute Gasteiger partial charge is 0.303 e. The minimum Gasteiger partial charge on any atom is -0.455 e. The molecule has 1 aliphatic heterocycles. The van der Waals surface area contributed by atoms with Gasteiger partial charge in [0.05, 0.1) is 12.1 Å². The molecule has 0 radical (unpaired) electrons. The van der Waals surface area contributed by atoms with Crippen molar-refractivity contribution in [1.29, 1.82) is 0 Å². The number of esters is 1. The summed E-state index contributed by atoms with van der Waals surface area (Å²) in [6.07, 6.45) is -4.24. The molecule has 1 amide bonds. The predicted octanol–water partition coefficient (Wildman–Crippen LogP) is -1.48. The number of aliphatic hydroxyl groups is 2. The van der Waals surface area contributed by atoms with Crippen LogP contribution in [0.15, 0.2) is 0 Å². The molecule has 7 heteroatoms. The fourth-order valence-electron chi connectivity index (χ4n) is 1.77. The molecule has 98 valence electrons. The van der Waals surface area contributed by atoms with E-state index >= 15 is 0 Å². The lowest BCUT2D eigenvalue weighted by Crippen LogP contribution is -2.64. The van der Waals surface area contributed by atoms with Crippen LogP contribution in [-0.4, -0.2) is 52.7 Å². The van der Waals surface area contributed by atoms with Crippen molar-refractivity contribution in [1.82, 2.24) is 5.32 Å². The molecule has 0 aromatic heterocycles. The van der Waals surface area contributed by atoms with Crippen molar-refractivity contribution in [3.05, 3.63) is 0 Å². The van der Waals surface area contributed by atoms with E-state index in [0.29, 0.717) is 0 Å². The third kappa shape index (κ3) is 3.39. The number of amides is 1. The second-order valence-corrected chi connectivity index (χ2v) is 4.02. The van der Waals surface area contributed by atoms with Gasteiger partial charge in [0.2, 0.25) is 5.91 Å². The van der Waals surface area contributed by atoms with Crippen LogP contribution in [0.5, 0.6) is 0 Å². The zero-order valence-electron chi connectivity index (χ0n) is 9.91. The summed E-state index contributed by atoms with van der Waals surface area (Å²) in [6.45, 7) is 3.98. The van der Waals surface area contributed by atoms with Crippen LogP contribution < -0.4 is 5.32 Å². The lowest BCUT2D eigenvalue weighted by molar-refractivity contribution is -0.257. The average molecular weight is 247 g/mol. The van der Waals surface area contributed by atoms with Gasteiger partial charge in [-0.05, 0) is 6.92 Å². The Labute approximate surface area is 98.7 Å². The van der Waals surface area contributed by atoms with E-state index in [-0.39, 0.29) is 0 Å². The maximum atomic E-state index is 11.0. The van der Waals surface area contributed by atoms with Crippen LogP contribution >= 0.6 is 0 Å². The quantitative estimate of drug-likeness (QED) is 0.514. The Morgan fingerprint density at radius 3 is 2.35 bits per heavy atom. The number of carbonyl (C=O) groups is 2. The van der Waals surface area contributed by atoms with E-state index in [1.165, 1.54) is 13.8 Å². The molecule has 1 rings (SSSR count). The summed E-state index contributed by atoms with van der Waals surface area (Å²) in [5.41, 5.74) is 0. The Morgan fingerprint density at radius 2 is 1.88 bits per heavy atom. The van der Waals surface area contributed by atoms with Gasteiger partial charge in [-0.3, -0.25) is 9.59 Å². The van der Waals surface area contributed by atoms with Crippen molar-refractivity contribution in [2.24, 2.45) is 0 Å². The number of aliphatic hydroxyl groups excluding tert-OH is 2. The van der Waals surface area contributed by atoms with E-state index in [2.05, 4.69) is 5.32 Å². The molecule has 0 aromatic rings. The molecule has 0 aliphatic carbocycles. The third-order valence-electron chi connectivity index (χ3n) is 2.51. The second kappa shape index (κ2) is 5.44. The first-order chi connectivity index (χ1) is 7.82. The van der Waals surface area contributed by atoms with Gasteiger partial charge in [0.1, 0.15) is 6.10 Å². The maximum absolute atomic E-state index is 11.0. The molecule has 0 bridgehead atoms. The van der Waals surface area contributed by atoms with Crippen molar-refractivity contribution < 1.29 is 29.3 Å². The van der Waals surface area contributed by atoms with Gasteiger partial charge in [-0.25, -0.2) is 0 Å². The summed E-state index contributed by atoms with van der Waals surface area (Å²) < 4.78 is 9.85. The van der Waals surface area contributed by atoms with E-state index in [0.717, 1.165) is 0 Å². The summed E-state index contributed by atoms with van der Waals surface area (Å²) in [7, 11) is 0. The topological polar surface area (TPSA) is 105 Å². The molecule has 5 atom stereocenters. The van der Waals surface area contributed by atoms with Gasteiger partial charge in [0.15, 0.2) is 12.4 Å². The summed E-state index contributed by atoms with van der Waals surface area (Å²) in [5.74, 6) is -1.03. The van der Waals surface area contributed by atoms with E-state index < -0.39 is 42.5 Å². The SMILES string of the molecule is CC(=O)N[C@H]1[C@@H](O)[C@@H](C)O[C@@H](O)[C@@H]1OC(C)=O. The summed E-state index contributed by atoms with van der Waals surface area (Å²) in [6, 6.07) is -0.893. The Morgan fingerprint density at radius 1 is 1.29 bits per heavy atom. The van der Waals surface area contributed by atoms with E-state index in [1.54, 1.807) is 6.92 Å². The third-order valence-corrected chi connectivity index (χ3v) is 2.51.